The van der Waals surface area contributed by atoms with Gasteiger partial charge in [0.25, 0.3) is 0 Å². The molecule has 0 aliphatic heterocycles. The Morgan fingerprint density at radius 1 is 1.10 bits per heavy atom. The third-order valence-electron chi connectivity index (χ3n) is 3.35. The molecule has 0 aliphatic carbocycles. The van der Waals surface area contributed by atoms with E-state index in [0.717, 1.165) is 0 Å². The fourth-order valence-electron chi connectivity index (χ4n) is 2.34. The van der Waals surface area contributed by atoms with Crippen LogP contribution in [0.3, 0.4) is 0 Å². The zero-order chi connectivity index (χ0) is 15.6. The lowest BCUT2D eigenvalue weighted by Gasteiger charge is -2.39. The molecule has 0 fully saturated rings. The number of hydrogen-bond donors (Lipinski definition) is 5. The summed E-state index contributed by atoms with van der Waals surface area (Å²) in [6.07, 6.45) is 2.62. The number of hydrogen-bond acceptors (Lipinski definition) is 6. The Bertz CT molecular complexity index is 236. The van der Waals surface area contributed by atoms with Gasteiger partial charge in [-0.25, -0.2) is 0 Å². The molecule has 0 radical (unpaired) electrons. The predicted octanol–water partition coefficient (Wildman–Crippen LogP) is -0.300. The quantitative estimate of drug-likeness (QED) is 0.336. The van der Waals surface area contributed by atoms with Gasteiger partial charge in [-0.2, -0.15) is 0 Å². The lowest BCUT2D eigenvalue weighted by Crippen LogP contribution is -2.50. The Labute approximate surface area is 122 Å². The maximum atomic E-state index is 10.9. The molecule has 0 spiro atoms. The molecule has 6 heteroatoms. The van der Waals surface area contributed by atoms with Crippen molar-refractivity contribution in [3.8, 4) is 0 Å². The highest BCUT2D eigenvalue weighted by molar-refractivity contribution is 4.92. The van der Waals surface area contributed by atoms with Crippen molar-refractivity contribution in [3.63, 3.8) is 0 Å². The molecule has 0 heterocycles. The Balaban J connectivity index is 4.93. The van der Waals surface area contributed by atoms with Crippen molar-refractivity contribution < 1.29 is 14.9 Å². The van der Waals surface area contributed by atoms with Crippen molar-refractivity contribution in [1.82, 2.24) is 0 Å². The van der Waals surface area contributed by atoms with Gasteiger partial charge in [0.1, 0.15) is 0 Å². The minimum absolute atomic E-state index is 0.0780. The largest absolute Gasteiger partial charge is 0.394 e. The summed E-state index contributed by atoms with van der Waals surface area (Å²) in [4.78, 5) is 0. The topological polar surface area (TPSA) is 128 Å². The molecule has 0 saturated heterocycles. The van der Waals surface area contributed by atoms with Crippen LogP contribution in [-0.4, -0.2) is 53.8 Å². The van der Waals surface area contributed by atoms with Gasteiger partial charge in [-0.05, 0) is 59.0 Å². The molecule has 0 rings (SSSR count). The van der Waals surface area contributed by atoms with Crippen molar-refractivity contribution in [1.29, 1.82) is 0 Å². The highest BCUT2D eigenvalue weighted by Crippen LogP contribution is 2.30. The first-order valence-electron chi connectivity index (χ1n) is 7.43. The van der Waals surface area contributed by atoms with Crippen LogP contribution in [-0.2, 0) is 4.74 Å². The third kappa shape index (κ3) is 8.14. The number of nitrogens with two attached hydrogens (primary N) is 3. The van der Waals surface area contributed by atoms with E-state index in [1.807, 2.05) is 13.8 Å². The van der Waals surface area contributed by atoms with Gasteiger partial charge in [-0.1, -0.05) is 0 Å². The van der Waals surface area contributed by atoms with E-state index in [2.05, 4.69) is 0 Å². The van der Waals surface area contributed by atoms with Crippen molar-refractivity contribution in [2.75, 3.05) is 26.3 Å². The van der Waals surface area contributed by atoms with Gasteiger partial charge in [-0.15, -0.1) is 0 Å². The highest BCUT2D eigenvalue weighted by Gasteiger charge is 2.38. The minimum atomic E-state index is -0.995. The highest BCUT2D eigenvalue weighted by atomic mass is 16.5. The zero-order valence-corrected chi connectivity index (χ0v) is 13.0. The van der Waals surface area contributed by atoms with Gasteiger partial charge in [0, 0.05) is 5.54 Å². The smallest absolute Gasteiger partial charge is 0.0909 e. The Hall–Kier alpha value is -0.240. The van der Waals surface area contributed by atoms with Crippen molar-refractivity contribution >= 4 is 0 Å². The van der Waals surface area contributed by atoms with Crippen molar-refractivity contribution in [2.24, 2.45) is 17.2 Å². The molecule has 0 aromatic rings. The Kier molecular flexibility index (Phi) is 9.54. The Morgan fingerprint density at radius 2 is 1.60 bits per heavy atom. The second kappa shape index (κ2) is 9.65. The van der Waals surface area contributed by atoms with Crippen molar-refractivity contribution in [3.05, 3.63) is 0 Å². The second-order valence-electron chi connectivity index (χ2n) is 6.16. The fraction of sp³-hybridized carbons (Fsp3) is 1.00. The molecule has 20 heavy (non-hydrogen) atoms. The molecule has 6 nitrogen and oxygen atoms in total. The van der Waals surface area contributed by atoms with Crippen LogP contribution in [0.5, 0.6) is 0 Å². The van der Waals surface area contributed by atoms with E-state index in [1.54, 1.807) is 0 Å². The minimum Gasteiger partial charge on any atom is -0.394 e. The van der Waals surface area contributed by atoms with Crippen LogP contribution < -0.4 is 17.2 Å². The van der Waals surface area contributed by atoms with E-state index in [-0.39, 0.29) is 13.2 Å². The normalized spacial score (nSPS) is 14.6. The molecular formula is C14H33N3O3. The van der Waals surface area contributed by atoms with Crippen LogP contribution in [0, 0.1) is 0 Å². The summed E-state index contributed by atoms with van der Waals surface area (Å²) >= 11 is 0. The number of rotatable bonds is 12. The summed E-state index contributed by atoms with van der Waals surface area (Å²) in [7, 11) is 0. The van der Waals surface area contributed by atoms with Gasteiger partial charge < -0.3 is 32.2 Å². The molecule has 0 aromatic heterocycles. The van der Waals surface area contributed by atoms with E-state index in [4.69, 9.17) is 27.0 Å². The second-order valence-corrected chi connectivity index (χ2v) is 6.16. The van der Waals surface area contributed by atoms with Crippen LogP contribution >= 0.6 is 0 Å². The standard InChI is InChI=1S/C14H33N3O3/c1-13(2,17)11-12(20-10-9-18)14(19,5-3-7-15)6-4-8-16/h12,18-19H,3-11,15-17H2,1-2H3. The average Bonchev–Trinajstić information content (AvgIpc) is 2.37. The zero-order valence-electron chi connectivity index (χ0n) is 13.0. The first kappa shape index (κ1) is 19.8. The van der Waals surface area contributed by atoms with Gasteiger partial charge in [0.05, 0.1) is 24.9 Å². The number of aliphatic hydroxyl groups excluding tert-OH is 1. The van der Waals surface area contributed by atoms with E-state index >= 15 is 0 Å². The van der Waals surface area contributed by atoms with Crippen LogP contribution in [0.15, 0.2) is 0 Å². The van der Waals surface area contributed by atoms with Crippen molar-refractivity contribution in [2.45, 2.75) is 63.2 Å². The summed E-state index contributed by atoms with van der Waals surface area (Å²) in [6, 6.07) is 0. The average molecular weight is 291 g/mol. The maximum absolute atomic E-state index is 10.9. The first-order valence-corrected chi connectivity index (χ1v) is 7.43. The maximum Gasteiger partial charge on any atom is 0.0909 e. The molecule has 0 saturated carbocycles. The van der Waals surface area contributed by atoms with E-state index in [9.17, 15) is 5.11 Å². The number of ether oxygens (including phenoxy) is 1. The van der Waals surface area contributed by atoms with Crippen LogP contribution in [0.2, 0.25) is 0 Å². The molecule has 8 N–H and O–H groups in total. The molecule has 0 aliphatic rings. The van der Waals surface area contributed by atoms with Gasteiger partial charge in [-0.3, -0.25) is 0 Å². The summed E-state index contributed by atoms with van der Waals surface area (Å²) in [5.74, 6) is 0. The van der Waals surface area contributed by atoms with E-state index in [0.29, 0.717) is 45.2 Å². The lowest BCUT2D eigenvalue weighted by atomic mass is 9.81. The summed E-state index contributed by atoms with van der Waals surface area (Å²) < 4.78 is 5.66. The summed E-state index contributed by atoms with van der Waals surface area (Å²) in [5, 5.41) is 19.9. The first-order chi connectivity index (χ1) is 9.29. The SMILES string of the molecule is CC(C)(N)CC(OCCO)C(O)(CCCN)CCCN. The van der Waals surface area contributed by atoms with Gasteiger partial charge >= 0.3 is 0 Å². The Morgan fingerprint density at radius 3 is 1.95 bits per heavy atom. The lowest BCUT2D eigenvalue weighted by molar-refractivity contribution is -0.131. The molecule has 1 unspecified atom stereocenters. The fourth-order valence-corrected chi connectivity index (χ4v) is 2.34. The van der Waals surface area contributed by atoms with Crippen LogP contribution in [0.1, 0.15) is 46.0 Å². The van der Waals surface area contributed by atoms with Gasteiger partial charge in [0.2, 0.25) is 0 Å². The monoisotopic (exact) mass is 291 g/mol. The van der Waals surface area contributed by atoms with E-state index in [1.165, 1.54) is 0 Å². The molecule has 1 atom stereocenters. The molecule has 0 bridgehead atoms. The predicted molar refractivity (Wildman–Crippen MR) is 81.2 cm³/mol. The molecular weight excluding hydrogens is 258 g/mol. The van der Waals surface area contributed by atoms with Crippen LogP contribution in [0.25, 0.3) is 0 Å². The van der Waals surface area contributed by atoms with Gasteiger partial charge in [0.15, 0.2) is 0 Å². The third-order valence-corrected chi connectivity index (χ3v) is 3.35. The van der Waals surface area contributed by atoms with Crippen LogP contribution in [0.4, 0.5) is 0 Å². The number of aliphatic hydroxyl groups is 2. The summed E-state index contributed by atoms with van der Waals surface area (Å²) in [5.41, 5.74) is 15.7. The molecule has 122 valence electrons. The molecule has 0 amide bonds. The van der Waals surface area contributed by atoms with E-state index < -0.39 is 17.2 Å². The molecule has 0 aromatic carbocycles. The summed E-state index contributed by atoms with van der Waals surface area (Å²) in [6.45, 7) is 4.94.